The lowest BCUT2D eigenvalue weighted by Crippen LogP contribution is -2.16. The standard InChI is InChI=1S/C9H10N2O4/c1-14-8(12)6-5(10)3-4-11-7(6)9(13)15-2/h3-4H,1-2H3,(H2,10,11). The van der Waals surface area contributed by atoms with Crippen LogP contribution in [0.25, 0.3) is 0 Å². The Bertz CT molecular complexity index is 403. The summed E-state index contributed by atoms with van der Waals surface area (Å²) in [5, 5.41) is 0. The number of hydrogen-bond acceptors (Lipinski definition) is 6. The van der Waals surface area contributed by atoms with Gasteiger partial charge in [0.05, 0.1) is 19.9 Å². The Morgan fingerprint density at radius 2 is 1.87 bits per heavy atom. The number of aromatic nitrogens is 1. The van der Waals surface area contributed by atoms with Crippen molar-refractivity contribution in [3.63, 3.8) is 0 Å². The van der Waals surface area contributed by atoms with E-state index in [2.05, 4.69) is 14.5 Å². The van der Waals surface area contributed by atoms with E-state index in [0.717, 1.165) is 0 Å². The highest BCUT2D eigenvalue weighted by molar-refractivity contribution is 6.05. The van der Waals surface area contributed by atoms with Crippen LogP contribution < -0.4 is 5.73 Å². The van der Waals surface area contributed by atoms with Crippen molar-refractivity contribution in [3.05, 3.63) is 23.5 Å². The van der Waals surface area contributed by atoms with Crippen LogP contribution in [0.3, 0.4) is 0 Å². The van der Waals surface area contributed by atoms with Crippen molar-refractivity contribution in [2.45, 2.75) is 0 Å². The van der Waals surface area contributed by atoms with Gasteiger partial charge in [-0.1, -0.05) is 0 Å². The second-order valence-corrected chi connectivity index (χ2v) is 2.61. The first kappa shape index (κ1) is 11.0. The number of nitrogen functional groups attached to an aromatic ring is 1. The van der Waals surface area contributed by atoms with Crippen molar-refractivity contribution in [2.75, 3.05) is 20.0 Å². The molecule has 80 valence electrons. The van der Waals surface area contributed by atoms with E-state index in [4.69, 9.17) is 5.73 Å². The van der Waals surface area contributed by atoms with E-state index in [-0.39, 0.29) is 16.9 Å². The van der Waals surface area contributed by atoms with E-state index in [0.29, 0.717) is 0 Å². The molecule has 0 radical (unpaired) electrons. The lowest BCUT2D eigenvalue weighted by Gasteiger charge is -2.07. The number of rotatable bonds is 2. The number of hydrogen-bond donors (Lipinski definition) is 1. The number of methoxy groups -OCH3 is 2. The minimum atomic E-state index is -0.734. The van der Waals surface area contributed by atoms with Gasteiger partial charge >= 0.3 is 11.9 Å². The molecular weight excluding hydrogens is 200 g/mol. The summed E-state index contributed by atoms with van der Waals surface area (Å²) in [6.07, 6.45) is 1.31. The normalized spacial score (nSPS) is 9.47. The van der Waals surface area contributed by atoms with Crippen molar-refractivity contribution in [1.82, 2.24) is 4.98 Å². The molecule has 2 N–H and O–H groups in total. The Labute approximate surface area is 86.0 Å². The average Bonchev–Trinajstić information content (AvgIpc) is 2.26. The molecule has 0 aliphatic rings. The molecule has 0 saturated carbocycles. The van der Waals surface area contributed by atoms with E-state index >= 15 is 0 Å². The summed E-state index contributed by atoms with van der Waals surface area (Å²) in [5.74, 6) is -1.45. The predicted molar refractivity (Wildman–Crippen MR) is 51.3 cm³/mol. The van der Waals surface area contributed by atoms with Gasteiger partial charge in [0.25, 0.3) is 0 Å². The largest absolute Gasteiger partial charge is 0.465 e. The molecule has 6 nitrogen and oxygen atoms in total. The number of anilines is 1. The number of carbonyl (C=O) groups is 2. The van der Waals surface area contributed by atoms with E-state index < -0.39 is 11.9 Å². The van der Waals surface area contributed by atoms with Crippen LogP contribution >= 0.6 is 0 Å². The third kappa shape index (κ3) is 2.04. The van der Waals surface area contributed by atoms with Gasteiger partial charge in [-0.2, -0.15) is 0 Å². The highest BCUT2D eigenvalue weighted by atomic mass is 16.5. The predicted octanol–water partition coefficient (Wildman–Crippen LogP) is 0.237. The summed E-state index contributed by atoms with van der Waals surface area (Å²) in [6, 6.07) is 1.40. The van der Waals surface area contributed by atoms with Crippen LogP contribution in [-0.2, 0) is 9.47 Å². The molecule has 6 heteroatoms. The zero-order valence-corrected chi connectivity index (χ0v) is 8.31. The van der Waals surface area contributed by atoms with Crippen LogP contribution in [0.15, 0.2) is 12.3 Å². The maximum absolute atomic E-state index is 11.3. The zero-order chi connectivity index (χ0) is 11.4. The van der Waals surface area contributed by atoms with Crippen LogP contribution in [0.5, 0.6) is 0 Å². The Morgan fingerprint density at radius 1 is 1.27 bits per heavy atom. The topological polar surface area (TPSA) is 91.5 Å². The van der Waals surface area contributed by atoms with Crippen LogP contribution in [0.4, 0.5) is 5.69 Å². The monoisotopic (exact) mass is 210 g/mol. The van der Waals surface area contributed by atoms with Gasteiger partial charge in [0.15, 0.2) is 5.69 Å². The van der Waals surface area contributed by atoms with Gasteiger partial charge in [0.1, 0.15) is 5.56 Å². The number of ether oxygens (including phenoxy) is 2. The minimum absolute atomic E-state index is 0.0770. The van der Waals surface area contributed by atoms with Gasteiger partial charge in [0, 0.05) is 6.20 Å². The number of esters is 2. The molecule has 1 aromatic heterocycles. The highest BCUT2D eigenvalue weighted by Crippen LogP contribution is 2.16. The summed E-state index contributed by atoms with van der Waals surface area (Å²) < 4.78 is 8.95. The van der Waals surface area contributed by atoms with Gasteiger partial charge < -0.3 is 15.2 Å². The number of nitrogens with zero attached hydrogens (tertiary/aromatic N) is 1. The molecule has 0 fully saturated rings. The molecule has 0 atom stereocenters. The van der Waals surface area contributed by atoms with Gasteiger partial charge in [-0.25, -0.2) is 14.6 Å². The first-order chi connectivity index (χ1) is 7.11. The first-order valence-corrected chi connectivity index (χ1v) is 4.03. The van der Waals surface area contributed by atoms with Crippen molar-refractivity contribution in [3.8, 4) is 0 Å². The quantitative estimate of drug-likeness (QED) is 0.703. The fraction of sp³-hybridized carbons (Fsp3) is 0.222. The fourth-order valence-electron chi connectivity index (χ4n) is 1.04. The molecule has 0 aromatic carbocycles. The van der Waals surface area contributed by atoms with Crippen LogP contribution in [-0.4, -0.2) is 31.1 Å². The lowest BCUT2D eigenvalue weighted by atomic mass is 10.1. The summed E-state index contributed by atoms with van der Waals surface area (Å²) in [7, 11) is 2.38. The third-order valence-electron chi connectivity index (χ3n) is 1.75. The fourth-order valence-corrected chi connectivity index (χ4v) is 1.04. The smallest absolute Gasteiger partial charge is 0.357 e. The van der Waals surface area contributed by atoms with Crippen molar-refractivity contribution >= 4 is 17.6 Å². The second kappa shape index (κ2) is 4.41. The van der Waals surface area contributed by atoms with Crippen LogP contribution in [0, 0.1) is 0 Å². The molecule has 15 heavy (non-hydrogen) atoms. The van der Waals surface area contributed by atoms with Gasteiger partial charge in [-0.15, -0.1) is 0 Å². The maximum atomic E-state index is 11.3. The van der Waals surface area contributed by atoms with E-state index in [9.17, 15) is 9.59 Å². The highest BCUT2D eigenvalue weighted by Gasteiger charge is 2.22. The zero-order valence-electron chi connectivity index (χ0n) is 8.31. The number of nitrogens with two attached hydrogens (primary N) is 1. The van der Waals surface area contributed by atoms with Gasteiger partial charge in [0.2, 0.25) is 0 Å². The van der Waals surface area contributed by atoms with Crippen LogP contribution in [0.2, 0.25) is 0 Å². The Morgan fingerprint density at radius 3 is 2.40 bits per heavy atom. The number of pyridine rings is 1. The Hall–Kier alpha value is -2.11. The molecule has 0 saturated heterocycles. The maximum Gasteiger partial charge on any atom is 0.357 e. The second-order valence-electron chi connectivity index (χ2n) is 2.61. The molecule has 0 aliphatic carbocycles. The van der Waals surface area contributed by atoms with E-state index in [1.165, 1.54) is 26.5 Å². The Balaban J connectivity index is 3.32. The summed E-state index contributed by atoms with van der Waals surface area (Å²) >= 11 is 0. The molecule has 0 unspecified atom stereocenters. The first-order valence-electron chi connectivity index (χ1n) is 4.03. The molecule has 1 heterocycles. The molecule has 0 spiro atoms. The van der Waals surface area contributed by atoms with Crippen molar-refractivity contribution < 1.29 is 19.1 Å². The van der Waals surface area contributed by atoms with Crippen molar-refractivity contribution in [2.24, 2.45) is 0 Å². The molecule has 1 rings (SSSR count). The van der Waals surface area contributed by atoms with E-state index in [1.807, 2.05) is 0 Å². The van der Waals surface area contributed by atoms with E-state index in [1.54, 1.807) is 0 Å². The summed E-state index contributed by atoms with van der Waals surface area (Å²) in [4.78, 5) is 26.3. The SMILES string of the molecule is COC(=O)c1nccc(N)c1C(=O)OC. The van der Waals surface area contributed by atoms with Gasteiger partial charge in [-0.05, 0) is 6.07 Å². The molecule has 1 aromatic rings. The average molecular weight is 210 g/mol. The lowest BCUT2D eigenvalue weighted by molar-refractivity contribution is 0.0550. The molecule has 0 amide bonds. The summed E-state index contributed by atoms with van der Waals surface area (Å²) in [6.45, 7) is 0. The molecular formula is C9H10N2O4. The molecule has 0 bridgehead atoms. The summed E-state index contributed by atoms with van der Waals surface area (Å²) in [5.41, 5.74) is 5.44. The number of carbonyl (C=O) groups excluding carboxylic acids is 2. The molecule has 0 aliphatic heterocycles. The van der Waals surface area contributed by atoms with Crippen molar-refractivity contribution in [1.29, 1.82) is 0 Å². The van der Waals surface area contributed by atoms with Crippen LogP contribution in [0.1, 0.15) is 20.8 Å². The minimum Gasteiger partial charge on any atom is -0.465 e. The van der Waals surface area contributed by atoms with Gasteiger partial charge in [-0.3, -0.25) is 0 Å². The third-order valence-corrected chi connectivity index (χ3v) is 1.75. The Kier molecular flexibility index (Phi) is 3.22.